The highest BCUT2D eigenvalue weighted by atomic mass is 16.2. The number of benzene rings is 2. The molecule has 0 aliphatic carbocycles. The van der Waals surface area contributed by atoms with E-state index in [1.165, 1.54) is 0 Å². The summed E-state index contributed by atoms with van der Waals surface area (Å²) in [6.45, 7) is 0. The van der Waals surface area contributed by atoms with Crippen molar-refractivity contribution in [1.82, 2.24) is 25.8 Å². The molecular formula is C20H17N5O3. The molecule has 28 heavy (non-hydrogen) atoms. The minimum Gasteiger partial charge on any atom is -0.360 e. The lowest BCUT2D eigenvalue weighted by molar-refractivity contribution is -0.121. The van der Waals surface area contributed by atoms with Crippen LogP contribution >= 0.6 is 0 Å². The summed E-state index contributed by atoms with van der Waals surface area (Å²) in [4.78, 5) is 46.4. The zero-order valence-corrected chi connectivity index (χ0v) is 14.8. The van der Waals surface area contributed by atoms with Crippen LogP contribution in [0.25, 0.3) is 21.8 Å². The molecule has 2 aromatic heterocycles. The Hall–Kier alpha value is -3.94. The van der Waals surface area contributed by atoms with Crippen molar-refractivity contribution in [3.05, 3.63) is 76.5 Å². The molecule has 0 saturated carbocycles. The molecule has 0 aliphatic heterocycles. The summed E-state index contributed by atoms with van der Waals surface area (Å²) in [5.74, 6) is -0.381. The Morgan fingerprint density at radius 3 is 2.57 bits per heavy atom. The third-order valence-electron chi connectivity index (χ3n) is 4.40. The Kier molecular flexibility index (Phi) is 4.59. The van der Waals surface area contributed by atoms with Gasteiger partial charge in [-0.15, -0.1) is 0 Å². The zero-order valence-electron chi connectivity index (χ0n) is 14.8. The number of hydrogen-bond acceptors (Lipinski definition) is 4. The van der Waals surface area contributed by atoms with Gasteiger partial charge in [0.05, 0.1) is 16.5 Å². The third kappa shape index (κ3) is 3.48. The molecule has 0 fully saturated rings. The van der Waals surface area contributed by atoms with Gasteiger partial charge in [0.15, 0.2) is 0 Å². The van der Waals surface area contributed by atoms with E-state index in [0.29, 0.717) is 22.3 Å². The van der Waals surface area contributed by atoms with E-state index in [-0.39, 0.29) is 24.3 Å². The first-order valence-electron chi connectivity index (χ1n) is 8.75. The lowest BCUT2D eigenvalue weighted by Gasteiger charge is -2.07. The van der Waals surface area contributed by atoms with Crippen LogP contribution < -0.4 is 16.4 Å². The quantitative estimate of drug-likeness (QED) is 0.407. The maximum Gasteiger partial charge on any atom is 0.271 e. The molecule has 4 N–H and O–H groups in total. The average Bonchev–Trinajstić information content (AvgIpc) is 3.15. The SMILES string of the molecule is O=C(CCc1nc2ccccc2c(=O)[nH]1)NNC(=O)c1c[nH]c2ccccc12. The number of aromatic amines is 2. The number of nitrogens with one attached hydrogen (secondary N) is 4. The fraction of sp³-hybridized carbons (Fsp3) is 0.100. The van der Waals surface area contributed by atoms with Crippen LogP contribution in [0.5, 0.6) is 0 Å². The lowest BCUT2D eigenvalue weighted by Crippen LogP contribution is -2.41. The van der Waals surface area contributed by atoms with Crippen LogP contribution in [0.1, 0.15) is 22.6 Å². The summed E-state index contributed by atoms with van der Waals surface area (Å²) in [5.41, 5.74) is 6.40. The smallest absolute Gasteiger partial charge is 0.271 e. The number of hydrogen-bond donors (Lipinski definition) is 4. The van der Waals surface area contributed by atoms with Crippen LogP contribution in [0.4, 0.5) is 0 Å². The van der Waals surface area contributed by atoms with Crippen molar-refractivity contribution in [2.24, 2.45) is 0 Å². The number of aryl methyl sites for hydroxylation is 1. The number of nitrogens with zero attached hydrogens (tertiary/aromatic N) is 1. The fourth-order valence-corrected chi connectivity index (χ4v) is 3.00. The predicted molar refractivity (Wildman–Crippen MR) is 105 cm³/mol. The van der Waals surface area contributed by atoms with Crippen LogP contribution in [0, 0.1) is 0 Å². The topological polar surface area (TPSA) is 120 Å². The number of amides is 2. The summed E-state index contributed by atoms with van der Waals surface area (Å²) < 4.78 is 0. The van der Waals surface area contributed by atoms with Gasteiger partial charge in [0, 0.05) is 29.9 Å². The van der Waals surface area contributed by atoms with Crippen molar-refractivity contribution in [2.75, 3.05) is 0 Å². The van der Waals surface area contributed by atoms with Crippen LogP contribution in [-0.4, -0.2) is 26.8 Å². The molecule has 0 atom stereocenters. The highest BCUT2D eigenvalue weighted by Crippen LogP contribution is 2.17. The number of para-hydroxylation sites is 2. The van der Waals surface area contributed by atoms with Crippen LogP contribution in [0.3, 0.4) is 0 Å². The van der Waals surface area contributed by atoms with Crippen molar-refractivity contribution >= 4 is 33.6 Å². The molecule has 0 radical (unpaired) electrons. The molecule has 2 aromatic carbocycles. The molecule has 0 saturated heterocycles. The number of aromatic nitrogens is 3. The minimum atomic E-state index is -0.414. The van der Waals surface area contributed by atoms with Gasteiger partial charge in [-0.1, -0.05) is 30.3 Å². The van der Waals surface area contributed by atoms with Crippen LogP contribution in [0.2, 0.25) is 0 Å². The van der Waals surface area contributed by atoms with E-state index in [1.807, 2.05) is 24.3 Å². The van der Waals surface area contributed by atoms with Crippen molar-refractivity contribution in [3.8, 4) is 0 Å². The number of carbonyl (C=O) groups excluding carboxylic acids is 2. The van der Waals surface area contributed by atoms with Crippen molar-refractivity contribution in [3.63, 3.8) is 0 Å². The predicted octanol–water partition coefficient (Wildman–Crippen LogP) is 1.80. The van der Waals surface area contributed by atoms with E-state index in [2.05, 4.69) is 25.8 Å². The van der Waals surface area contributed by atoms with E-state index in [4.69, 9.17) is 0 Å². The second-order valence-corrected chi connectivity index (χ2v) is 6.28. The second kappa shape index (κ2) is 7.36. The monoisotopic (exact) mass is 375 g/mol. The summed E-state index contributed by atoms with van der Waals surface area (Å²) in [6.07, 6.45) is 1.90. The van der Waals surface area contributed by atoms with Gasteiger partial charge in [-0.3, -0.25) is 25.2 Å². The maximum absolute atomic E-state index is 12.3. The van der Waals surface area contributed by atoms with Gasteiger partial charge in [0.25, 0.3) is 11.5 Å². The number of fused-ring (bicyclic) bond motifs is 2. The van der Waals surface area contributed by atoms with Crippen molar-refractivity contribution < 1.29 is 9.59 Å². The van der Waals surface area contributed by atoms with E-state index in [0.717, 1.165) is 10.9 Å². The highest BCUT2D eigenvalue weighted by Gasteiger charge is 2.13. The van der Waals surface area contributed by atoms with E-state index in [1.54, 1.807) is 30.5 Å². The first-order valence-corrected chi connectivity index (χ1v) is 8.75. The van der Waals surface area contributed by atoms with Gasteiger partial charge in [0.2, 0.25) is 5.91 Å². The summed E-state index contributed by atoms with van der Waals surface area (Å²) >= 11 is 0. The molecule has 0 spiro atoms. The Labute approximate surface area is 159 Å². The molecule has 140 valence electrons. The first-order chi connectivity index (χ1) is 13.6. The van der Waals surface area contributed by atoms with Gasteiger partial charge < -0.3 is 9.97 Å². The Morgan fingerprint density at radius 1 is 0.964 bits per heavy atom. The normalized spacial score (nSPS) is 10.9. The van der Waals surface area contributed by atoms with Gasteiger partial charge in [0.1, 0.15) is 5.82 Å². The van der Waals surface area contributed by atoms with Gasteiger partial charge in [-0.25, -0.2) is 4.98 Å². The molecule has 4 aromatic rings. The first kappa shape index (κ1) is 17.5. The van der Waals surface area contributed by atoms with E-state index in [9.17, 15) is 14.4 Å². The Bertz CT molecular complexity index is 1240. The number of H-pyrrole nitrogens is 2. The summed E-state index contributed by atoms with van der Waals surface area (Å²) in [5, 5.41) is 1.27. The standard InChI is InChI=1S/C20H17N5O3/c26-18(10-9-17-22-16-8-4-2-6-13(16)19(27)23-17)24-25-20(28)14-11-21-15-7-3-1-5-12(14)15/h1-8,11,21H,9-10H2,(H,24,26)(H,25,28)(H,22,23,27). The molecule has 8 heteroatoms. The Balaban J connectivity index is 1.36. The summed E-state index contributed by atoms with van der Waals surface area (Å²) in [7, 11) is 0. The number of rotatable bonds is 4. The largest absolute Gasteiger partial charge is 0.360 e. The number of hydrazine groups is 1. The molecule has 2 heterocycles. The van der Waals surface area contributed by atoms with E-state index >= 15 is 0 Å². The van der Waals surface area contributed by atoms with Crippen LogP contribution in [0.15, 0.2) is 59.5 Å². The zero-order chi connectivity index (χ0) is 19.5. The maximum atomic E-state index is 12.3. The fourth-order valence-electron chi connectivity index (χ4n) is 3.00. The number of carbonyl (C=O) groups is 2. The molecule has 4 rings (SSSR count). The van der Waals surface area contributed by atoms with Gasteiger partial charge in [-0.2, -0.15) is 0 Å². The molecule has 0 bridgehead atoms. The van der Waals surface area contributed by atoms with Crippen molar-refractivity contribution in [2.45, 2.75) is 12.8 Å². The van der Waals surface area contributed by atoms with Crippen LogP contribution in [-0.2, 0) is 11.2 Å². The highest BCUT2D eigenvalue weighted by molar-refractivity contribution is 6.07. The van der Waals surface area contributed by atoms with Gasteiger partial charge >= 0.3 is 0 Å². The van der Waals surface area contributed by atoms with E-state index < -0.39 is 5.91 Å². The molecule has 2 amide bonds. The molecule has 0 unspecified atom stereocenters. The lowest BCUT2D eigenvalue weighted by atomic mass is 10.2. The van der Waals surface area contributed by atoms with Crippen molar-refractivity contribution in [1.29, 1.82) is 0 Å². The average molecular weight is 375 g/mol. The second-order valence-electron chi connectivity index (χ2n) is 6.28. The molecular weight excluding hydrogens is 358 g/mol. The Morgan fingerprint density at radius 2 is 1.71 bits per heavy atom. The summed E-state index contributed by atoms with van der Waals surface area (Å²) in [6, 6.07) is 14.4. The molecule has 8 nitrogen and oxygen atoms in total. The minimum absolute atomic E-state index is 0.0649. The third-order valence-corrected chi connectivity index (χ3v) is 4.40. The van der Waals surface area contributed by atoms with Gasteiger partial charge in [-0.05, 0) is 18.2 Å². The molecule has 0 aliphatic rings.